The number of hydrogen-bond donors (Lipinski definition) is 1. The number of nitrogens with zero attached hydrogens (tertiary/aromatic N) is 3. The van der Waals surface area contributed by atoms with Crippen molar-refractivity contribution in [1.82, 2.24) is 9.97 Å². The number of rotatable bonds is 2. The molecule has 2 unspecified atom stereocenters. The quantitative estimate of drug-likeness (QED) is 0.781. The van der Waals surface area contributed by atoms with Crippen molar-refractivity contribution in [2.45, 2.75) is 26.0 Å². The van der Waals surface area contributed by atoms with Crippen molar-refractivity contribution < 1.29 is 4.74 Å². The molecule has 5 nitrogen and oxygen atoms in total. The Balaban J connectivity index is 2.13. The van der Waals surface area contributed by atoms with E-state index in [1.54, 1.807) is 12.4 Å². The number of aromatic nitrogens is 2. The van der Waals surface area contributed by atoms with E-state index in [9.17, 15) is 0 Å². The number of morpholine rings is 1. The topological polar surface area (TPSA) is 64.3 Å². The molecule has 2 atom stereocenters. The van der Waals surface area contributed by atoms with Crippen molar-refractivity contribution in [2.75, 3.05) is 24.6 Å². The van der Waals surface area contributed by atoms with Crippen LogP contribution in [0.2, 0.25) is 0 Å². The van der Waals surface area contributed by atoms with Gasteiger partial charge in [-0.2, -0.15) is 0 Å². The lowest BCUT2D eigenvalue weighted by molar-refractivity contribution is 0.0273. The Morgan fingerprint density at radius 2 is 2.25 bits per heavy atom. The summed E-state index contributed by atoms with van der Waals surface area (Å²) in [6.45, 7) is 6.28. The molecule has 0 saturated carbocycles. The van der Waals surface area contributed by atoms with Crippen molar-refractivity contribution >= 4 is 5.82 Å². The third kappa shape index (κ3) is 2.31. The maximum atomic E-state index is 5.86. The van der Waals surface area contributed by atoms with Gasteiger partial charge in [0.15, 0.2) is 0 Å². The summed E-state index contributed by atoms with van der Waals surface area (Å²) in [7, 11) is 0. The average molecular weight is 222 g/mol. The molecular weight excluding hydrogens is 204 g/mol. The second-order valence-corrected chi connectivity index (χ2v) is 4.18. The van der Waals surface area contributed by atoms with Gasteiger partial charge in [0.05, 0.1) is 18.4 Å². The average Bonchev–Trinajstić information content (AvgIpc) is 2.30. The highest BCUT2D eigenvalue weighted by Crippen LogP contribution is 2.18. The minimum absolute atomic E-state index is 0.0415. The van der Waals surface area contributed by atoms with Crippen LogP contribution in [0.15, 0.2) is 12.4 Å². The summed E-state index contributed by atoms with van der Waals surface area (Å²) < 4.78 is 5.62. The first-order valence-corrected chi connectivity index (χ1v) is 5.58. The van der Waals surface area contributed by atoms with Crippen molar-refractivity contribution in [3.05, 3.63) is 18.1 Å². The summed E-state index contributed by atoms with van der Waals surface area (Å²) in [5.74, 6) is 0.941. The molecule has 2 N–H and O–H groups in total. The maximum absolute atomic E-state index is 5.86. The highest BCUT2D eigenvalue weighted by Gasteiger charge is 2.25. The zero-order valence-electron chi connectivity index (χ0n) is 9.76. The fourth-order valence-corrected chi connectivity index (χ4v) is 1.90. The number of nitrogens with two attached hydrogens (primary N) is 1. The van der Waals surface area contributed by atoms with E-state index in [1.165, 1.54) is 0 Å². The fourth-order valence-electron chi connectivity index (χ4n) is 1.90. The zero-order chi connectivity index (χ0) is 11.5. The minimum Gasteiger partial charge on any atom is -0.373 e. The van der Waals surface area contributed by atoms with Gasteiger partial charge in [0.25, 0.3) is 0 Å². The fraction of sp³-hybridized carbons (Fsp3) is 0.636. The predicted octanol–water partition coefficient (Wildman–Crippen LogP) is 0.337. The lowest BCUT2D eigenvalue weighted by atomic mass is 10.1. The van der Waals surface area contributed by atoms with Crippen LogP contribution in [0.4, 0.5) is 5.82 Å². The molecule has 0 bridgehead atoms. The van der Waals surface area contributed by atoms with E-state index in [2.05, 4.69) is 14.9 Å². The Morgan fingerprint density at radius 3 is 2.94 bits per heavy atom. The molecule has 1 saturated heterocycles. The molecule has 88 valence electrons. The van der Waals surface area contributed by atoms with E-state index in [1.807, 2.05) is 13.8 Å². The molecule has 1 aromatic heterocycles. The van der Waals surface area contributed by atoms with Crippen LogP contribution in [0, 0.1) is 6.92 Å². The second kappa shape index (κ2) is 4.76. The summed E-state index contributed by atoms with van der Waals surface area (Å²) in [5.41, 5.74) is 6.81. The Labute approximate surface area is 95.6 Å². The van der Waals surface area contributed by atoms with Gasteiger partial charge in [-0.1, -0.05) is 0 Å². The van der Waals surface area contributed by atoms with Crippen LogP contribution in [0.3, 0.4) is 0 Å². The van der Waals surface area contributed by atoms with Crippen molar-refractivity contribution in [1.29, 1.82) is 0 Å². The molecule has 0 radical (unpaired) electrons. The lowest BCUT2D eigenvalue weighted by Gasteiger charge is -2.35. The molecule has 1 aliphatic rings. The Morgan fingerprint density at radius 1 is 1.50 bits per heavy atom. The van der Waals surface area contributed by atoms with Gasteiger partial charge in [-0.05, 0) is 13.8 Å². The molecular formula is C11H18N4O. The number of anilines is 1. The van der Waals surface area contributed by atoms with Gasteiger partial charge in [0.1, 0.15) is 5.82 Å². The molecule has 1 aliphatic heterocycles. The molecule has 5 heteroatoms. The number of ether oxygens (including phenoxy) is 1. The molecule has 1 aromatic rings. The number of hydrogen-bond acceptors (Lipinski definition) is 5. The van der Waals surface area contributed by atoms with Gasteiger partial charge in [-0.25, -0.2) is 4.98 Å². The Hall–Kier alpha value is -1.20. The molecule has 0 amide bonds. The summed E-state index contributed by atoms with van der Waals surface area (Å²) in [5, 5.41) is 0. The van der Waals surface area contributed by atoms with Crippen molar-refractivity contribution in [3.8, 4) is 0 Å². The first kappa shape index (κ1) is 11.3. The van der Waals surface area contributed by atoms with Crippen LogP contribution in [-0.2, 0) is 4.74 Å². The van der Waals surface area contributed by atoms with Crippen LogP contribution >= 0.6 is 0 Å². The summed E-state index contributed by atoms with van der Waals surface area (Å²) in [6, 6.07) is 0.0415. The van der Waals surface area contributed by atoms with E-state index >= 15 is 0 Å². The second-order valence-electron chi connectivity index (χ2n) is 4.18. The van der Waals surface area contributed by atoms with E-state index < -0.39 is 0 Å². The van der Waals surface area contributed by atoms with Crippen LogP contribution in [0.1, 0.15) is 12.6 Å². The lowest BCUT2D eigenvalue weighted by Crippen LogP contribution is -2.50. The normalized spacial score (nSPS) is 23.2. The van der Waals surface area contributed by atoms with Crippen LogP contribution in [0.5, 0.6) is 0 Å². The third-order valence-corrected chi connectivity index (χ3v) is 2.83. The first-order chi connectivity index (χ1) is 7.68. The molecule has 2 rings (SSSR count). The van der Waals surface area contributed by atoms with Crippen molar-refractivity contribution in [3.63, 3.8) is 0 Å². The molecule has 16 heavy (non-hydrogen) atoms. The van der Waals surface area contributed by atoms with Crippen LogP contribution in [-0.4, -0.2) is 41.8 Å². The summed E-state index contributed by atoms with van der Waals surface area (Å²) >= 11 is 0. The number of aryl methyl sites for hydroxylation is 1. The molecule has 2 heterocycles. The maximum Gasteiger partial charge on any atom is 0.150 e. The Bertz CT molecular complexity index is 356. The Kier molecular flexibility index (Phi) is 3.36. The standard InChI is InChI=1S/C11H18N4O/c1-8(12)10-7-15(5-6-16-10)11-9(2)13-3-4-14-11/h3-4,8,10H,5-7,12H2,1-2H3. The SMILES string of the molecule is Cc1nccnc1N1CCOC(C(C)N)C1. The highest BCUT2D eigenvalue weighted by molar-refractivity contribution is 5.42. The molecule has 0 spiro atoms. The van der Waals surface area contributed by atoms with Gasteiger partial charge < -0.3 is 15.4 Å². The first-order valence-electron chi connectivity index (χ1n) is 5.58. The van der Waals surface area contributed by atoms with E-state index in [0.29, 0.717) is 6.61 Å². The monoisotopic (exact) mass is 222 g/mol. The zero-order valence-corrected chi connectivity index (χ0v) is 9.76. The van der Waals surface area contributed by atoms with E-state index in [4.69, 9.17) is 10.5 Å². The smallest absolute Gasteiger partial charge is 0.150 e. The van der Waals surface area contributed by atoms with E-state index in [0.717, 1.165) is 24.6 Å². The van der Waals surface area contributed by atoms with Crippen LogP contribution in [0.25, 0.3) is 0 Å². The summed E-state index contributed by atoms with van der Waals surface area (Å²) in [6.07, 6.45) is 3.51. The van der Waals surface area contributed by atoms with Gasteiger partial charge in [0, 0.05) is 31.5 Å². The predicted molar refractivity (Wildman–Crippen MR) is 62.4 cm³/mol. The third-order valence-electron chi connectivity index (χ3n) is 2.83. The molecule has 1 fully saturated rings. The molecule has 0 aromatic carbocycles. The largest absolute Gasteiger partial charge is 0.373 e. The van der Waals surface area contributed by atoms with Gasteiger partial charge in [-0.15, -0.1) is 0 Å². The van der Waals surface area contributed by atoms with Gasteiger partial charge in [0.2, 0.25) is 0 Å². The summed E-state index contributed by atoms with van der Waals surface area (Å²) in [4.78, 5) is 10.8. The van der Waals surface area contributed by atoms with Gasteiger partial charge >= 0.3 is 0 Å². The van der Waals surface area contributed by atoms with Crippen LogP contribution < -0.4 is 10.6 Å². The highest BCUT2D eigenvalue weighted by atomic mass is 16.5. The van der Waals surface area contributed by atoms with Crippen molar-refractivity contribution in [2.24, 2.45) is 5.73 Å². The minimum atomic E-state index is 0.0415. The molecule has 0 aliphatic carbocycles. The van der Waals surface area contributed by atoms with Gasteiger partial charge in [-0.3, -0.25) is 4.98 Å². The van der Waals surface area contributed by atoms with E-state index in [-0.39, 0.29) is 12.1 Å².